The van der Waals surface area contributed by atoms with Gasteiger partial charge in [0.25, 0.3) is 0 Å². The number of nitrogens with zero attached hydrogens (tertiary/aromatic N) is 4. The van der Waals surface area contributed by atoms with Gasteiger partial charge in [0.05, 0.1) is 19.6 Å². The maximum atomic E-state index is 5.12. The molecule has 0 aliphatic carbocycles. The molecule has 5 heteroatoms. The molecule has 0 saturated carbocycles. The zero-order valence-corrected chi connectivity index (χ0v) is 10.2. The van der Waals surface area contributed by atoms with Crippen LogP contribution in [0, 0.1) is 0 Å². The molecule has 3 rings (SSSR count). The minimum atomic E-state index is 0.670. The number of methoxy groups -OCH3 is 1. The maximum Gasteiger partial charge on any atom is 0.181 e. The Morgan fingerprint density at radius 3 is 2.61 bits per heavy atom. The highest BCUT2D eigenvalue weighted by atomic mass is 16.5. The Kier molecular flexibility index (Phi) is 2.44. The fraction of sp³-hybridized carbons (Fsp3) is 0.154. The van der Waals surface area contributed by atoms with Crippen LogP contribution in [0.1, 0.15) is 0 Å². The number of benzene rings is 1. The average Bonchev–Trinajstić information content (AvgIpc) is 2.80. The van der Waals surface area contributed by atoms with Crippen molar-refractivity contribution in [3.63, 3.8) is 0 Å². The Balaban J connectivity index is 2.07. The van der Waals surface area contributed by atoms with Crippen LogP contribution in [0.25, 0.3) is 22.6 Å². The molecule has 0 aliphatic rings. The van der Waals surface area contributed by atoms with Gasteiger partial charge in [-0.25, -0.2) is 15.0 Å². The van der Waals surface area contributed by atoms with E-state index in [2.05, 4.69) is 15.0 Å². The van der Waals surface area contributed by atoms with Crippen LogP contribution in [0.3, 0.4) is 0 Å². The smallest absolute Gasteiger partial charge is 0.181 e. The second kappa shape index (κ2) is 4.10. The number of ether oxygens (including phenoxy) is 1. The topological polar surface area (TPSA) is 52.8 Å². The van der Waals surface area contributed by atoms with Crippen LogP contribution in [0.4, 0.5) is 0 Å². The van der Waals surface area contributed by atoms with E-state index in [4.69, 9.17) is 4.74 Å². The highest BCUT2D eigenvalue weighted by molar-refractivity contribution is 5.72. The van der Waals surface area contributed by atoms with Crippen molar-refractivity contribution in [1.29, 1.82) is 0 Å². The van der Waals surface area contributed by atoms with Crippen LogP contribution in [0.15, 0.2) is 36.8 Å². The summed E-state index contributed by atoms with van der Waals surface area (Å²) in [6.07, 6.45) is 3.52. The Morgan fingerprint density at radius 1 is 1.11 bits per heavy atom. The number of hydrogen-bond donors (Lipinski definition) is 0. The van der Waals surface area contributed by atoms with Crippen molar-refractivity contribution in [2.45, 2.75) is 0 Å². The first-order valence-corrected chi connectivity index (χ1v) is 5.56. The van der Waals surface area contributed by atoms with Crippen molar-refractivity contribution in [1.82, 2.24) is 19.5 Å². The molecular formula is C13H12N4O. The summed E-state index contributed by atoms with van der Waals surface area (Å²) in [5, 5.41) is 0. The van der Waals surface area contributed by atoms with E-state index in [-0.39, 0.29) is 0 Å². The zero-order chi connectivity index (χ0) is 12.5. The molecule has 18 heavy (non-hydrogen) atoms. The van der Waals surface area contributed by atoms with Gasteiger partial charge in [-0.15, -0.1) is 0 Å². The summed E-state index contributed by atoms with van der Waals surface area (Å²) >= 11 is 0. The van der Waals surface area contributed by atoms with E-state index in [1.807, 2.05) is 35.9 Å². The van der Waals surface area contributed by atoms with E-state index in [1.54, 1.807) is 19.6 Å². The number of imidazole rings is 1. The Bertz CT molecular complexity index is 688. The molecule has 0 bridgehead atoms. The molecule has 0 spiro atoms. The summed E-state index contributed by atoms with van der Waals surface area (Å²) in [5.74, 6) is 1.49. The summed E-state index contributed by atoms with van der Waals surface area (Å²) in [6.45, 7) is 0. The van der Waals surface area contributed by atoms with Gasteiger partial charge in [-0.3, -0.25) is 0 Å². The minimum absolute atomic E-state index is 0.670. The van der Waals surface area contributed by atoms with Crippen LogP contribution in [0.5, 0.6) is 5.75 Å². The standard InChI is InChI=1S/C13H12N4O/c1-17-8-15-13-11(17)7-14-12(16-13)9-3-5-10(18-2)6-4-9/h3-8H,1-2H3. The average molecular weight is 240 g/mol. The SMILES string of the molecule is COc1ccc(-c2ncc3c(ncn3C)n2)cc1. The fourth-order valence-electron chi connectivity index (χ4n) is 1.79. The first kappa shape index (κ1) is 10.7. The number of aryl methyl sites for hydroxylation is 1. The van der Waals surface area contributed by atoms with E-state index < -0.39 is 0 Å². The number of hydrogen-bond acceptors (Lipinski definition) is 4. The van der Waals surface area contributed by atoms with Crippen molar-refractivity contribution >= 4 is 11.2 Å². The second-order valence-corrected chi connectivity index (χ2v) is 3.99. The van der Waals surface area contributed by atoms with E-state index in [9.17, 15) is 0 Å². The fourth-order valence-corrected chi connectivity index (χ4v) is 1.79. The molecule has 0 aliphatic heterocycles. The van der Waals surface area contributed by atoms with Gasteiger partial charge in [0, 0.05) is 12.6 Å². The van der Waals surface area contributed by atoms with Crippen LogP contribution in [0.2, 0.25) is 0 Å². The zero-order valence-electron chi connectivity index (χ0n) is 10.2. The van der Waals surface area contributed by atoms with E-state index in [1.165, 1.54) is 0 Å². The maximum absolute atomic E-state index is 5.12. The summed E-state index contributed by atoms with van der Waals surface area (Å²) in [7, 11) is 3.57. The molecule has 90 valence electrons. The molecule has 5 nitrogen and oxygen atoms in total. The number of fused-ring (bicyclic) bond motifs is 1. The molecule has 2 heterocycles. The van der Waals surface area contributed by atoms with Crippen LogP contribution >= 0.6 is 0 Å². The van der Waals surface area contributed by atoms with Gasteiger partial charge in [-0.1, -0.05) is 0 Å². The summed E-state index contributed by atoms with van der Waals surface area (Å²) in [5.41, 5.74) is 2.58. The molecule has 0 N–H and O–H groups in total. The lowest BCUT2D eigenvalue weighted by Gasteiger charge is -2.02. The third kappa shape index (κ3) is 1.69. The molecule has 0 radical (unpaired) electrons. The van der Waals surface area contributed by atoms with Crippen molar-refractivity contribution in [2.24, 2.45) is 7.05 Å². The lowest BCUT2D eigenvalue weighted by molar-refractivity contribution is 0.415. The first-order chi connectivity index (χ1) is 8.78. The van der Waals surface area contributed by atoms with Gasteiger partial charge in [0.15, 0.2) is 11.5 Å². The Hall–Kier alpha value is -2.43. The van der Waals surface area contributed by atoms with Crippen LogP contribution < -0.4 is 4.74 Å². The second-order valence-electron chi connectivity index (χ2n) is 3.99. The van der Waals surface area contributed by atoms with Crippen LogP contribution in [-0.4, -0.2) is 26.6 Å². The van der Waals surface area contributed by atoms with Crippen molar-refractivity contribution in [3.05, 3.63) is 36.8 Å². The summed E-state index contributed by atoms with van der Waals surface area (Å²) in [4.78, 5) is 13.0. The van der Waals surface area contributed by atoms with Crippen LogP contribution in [-0.2, 0) is 7.05 Å². The molecule has 3 aromatic rings. The molecule has 0 fully saturated rings. The molecule has 1 aromatic carbocycles. The summed E-state index contributed by atoms with van der Waals surface area (Å²) in [6, 6.07) is 7.65. The van der Waals surface area contributed by atoms with Crippen molar-refractivity contribution < 1.29 is 4.74 Å². The lowest BCUT2D eigenvalue weighted by atomic mass is 10.2. The Labute approximate surface area is 104 Å². The quantitative estimate of drug-likeness (QED) is 0.687. The molecule has 0 amide bonds. The third-order valence-corrected chi connectivity index (χ3v) is 2.83. The van der Waals surface area contributed by atoms with Gasteiger partial charge in [-0.2, -0.15) is 0 Å². The largest absolute Gasteiger partial charge is 0.497 e. The van der Waals surface area contributed by atoms with Crippen molar-refractivity contribution in [2.75, 3.05) is 7.11 Å². The van der Waals surface area contributed by atoms with Crippen molar-refractivity contribution in [3.8, 4) is 17.1 Å². The molecule has 0 unspecified atom stereocenters. The molecule has 2 aromatic heterocycles. The number of rotatable bonds is 2. The van der Waals surface area contributed by atoms with Gasteiger partial charge < -0.3 is 9.30 Å². The predicted molar refractivity (Wildman–Crippen MR) is 68.3 cm³/mol. The van der Waals surface area contributed by atoms with E-state index in [0.29, 0.717) is 11.5 Å². The highest BCUT2D eigenvalue weighted by Gasteiger charge is 2.06. The highest BCUT2D eigenvalue weighted by Crippen LogP contribution is 2.20. The van der Waals surface area contributed by atoms with Gasteiger partial charge in [-0.05, 0) is 24.3 Å². The van der Waals surface area contributed by atoms with Gasteiger partial charge in [0.2, 0.25) is 0 Å². The van der Waals surface area contributed by atoms with Gasteiger partial charge >= 0.3 is 0 Å². The molecule has 0 atom stereocenters. The normalized spacial score (nSPS) is 10.8. The monoisotopic (exact) mass is 240 g/mol. The minimum Gasteiger partial charge on any atom is -0.497 e. The number of aromatic nitrogens is 4. The third-order valence-electron chi connectivity index (χ3n) is 2.83. The predicted octanol–water partition coefficient (Wildman–Crippen LogP) is 2.04. The van der Waals surface area contributed by atoms with E-state index >= 15 is 0 Å². The summed E-state index contributed by atoms with van der Waals surface area (Å²) < 4.78 is 7.02. The van der Waals surface area contributed by atoms with Gasteiger partial charge in [0.1, 0.15) is 11.3 Å². The Morgan fingerprint density at radius 2 is 1.89 bits per heavy atom. The first-order valence-electron chi connectivity index (χ1n) is 5.56. The molecule has 0 saturated heterocycles. The molecular weight excluding hydrogens is 228 g/mol. The van der Waals surface area contributed by atoms with E-state index in [0.717, 1.165) is 16.8 Å². The lowest BCUT2D eigenvalue weighted by Crippen LogP contribution is -1.92.